The summed E-state index contributed by atoms with van der Waals surface area (Å²) in [4.78, 5) is 26.8. The molecule has 8 nitrogen and oxygen atoms in total. The van der Waals surface area contributed by atoms with Gasteiger partial charge in [-0.05, 0) is 42.0 Å². The maximum atomic E-state index is 12.1. The molecular weight excluding hydrogens is 384 g/mol. The monoisotopic (exact) mass is 400 g/mol. The fourth-order valence-corrected chi connectivity index (χ4v) is 2.97. The largest absolute Gasteiger partial charge is 0.426 e. The van der Waals surface area contributed by atoms with Crippen LogP contribution in [0, 0.1) is 10.1 Å². The van der Waals surface area contributed by atoms with Crippen LogP contribution in [-0.4, -0.2) is 25.8 Å². The third-order valence-electron chi connectivity index (χ3n) is 4.46. The number of hydrogen-bond donors (Lipinski definition) is 2. The number of carbonyl (C=O) groups excluding carboxylic acids is 1. The van der Waals surface area contributed by atoms with Crippen molar-refractivity contribution in [3.8, 4) is 11.4 Å². The SMILES string of the molecule is O=C(/C=C/c1ccccc1)Nc1ccc(-c2nc3ccc([N+](=O)[O-])cc3n2O)cc1. The number of nitrogens with zero attached hydrogens (tertiary/aromatic N) is 3. The lowest BCUT2D eigenvalue weighted by molar-refractivity contribution is -0.384. The van der Waals surface area contributed by atoms with Gasteiger partial charge in [0.15, 0.2) is 5.82 Å². The van der Waals surface area contributed by atoms with E-state index in [0.29, 0.717) is 16.8 Å². The van der Waals surface area contributed by atoms with Crippen molar-refractivity contribution in [2.75, 3.05) is 5.32 Å². The quantitative estimate of drug-likeness (QED) is 0.222. The lowest BCUT2D eigenvalue weighted by atomic mass is 10.2. The average molecular weight is 400 g/mol. The van der Waals surface area contributed by atoms with Gasteiger partial charge < -0.3 is 10.5 Å². The summed E-state index contributed by atoms with van der Waals surface area (Å²) in [6.45, 7) is 0. The summed E-state index contributed by atoms with van der Waals surface area (Å²) in [5.74, 6) is -0.0272. The van der Waals surface area contributed by atoms with Gasteiger partial charge in [-0.1, -0.05) is 30.3 Å². The third-order valence-corrected chi connectivity index (χ3v) is 4.46. The fourth-order valence-electron chi connectivity index (χ4n) is 2.97. The van der Waals surface area contributed by atoms with Crippen molar-refractivity contribution >= 4 is 34.4 Å². The van der Waals surface area contributed by atoms with E-state index in [0.717, 1.165) is 10.3 Å². The molecule has 0 aliphatic rings. The Morgan fingerprint density at radius 3 is 2.50 bits per heavy atom. The zero-order chi connectivity index (χ0) is 21.1. The number of hydrogen-bond acceptors (Lipinski definition) is 5. The Bertz CT molecular complexity index is 1260. The number of amides is 1. The Morgan fingerprint density at radius 2 is 1.80 bits per heavy atom. The van der Waals surface area contributed by atoms with Crippen LogP contribution in [0.15, 0.2) is 78.9 Å². The number of nitro benzene ring substituents is 1. The van der Waals surface area contributed by atoms with Crippen LogP contribution >= 0.6 is 0 Å². The Morgan fingerprint density at radius 1 is 1.07 bits per heavy atom. The van der Waals surface area contributed by atoms with Crippen molar-refractivity contribution < 1.29 is 14.9 Å². The normalized spacial score (nSPS) is 11.1. The Kier molecular flexibility index (Phi) is 4.96. The summed E-state index contributed by atoms with van der Waals surface area (Å²) < 4.78 is 0.818. The van der Waals surface area contributed by atoms with E-state index in [2.05, 4.69) is 10.3 Å². The van der Waals surface area contributed by atoms with E-state index in [1.54, 1.807) is 30.3 Å². The summed E-state index contributed by atoms with van der Waals surface area (Å²) in [6.07, 6.45) is 3.17. The molecule has 0 saturated carbocycles. The van der Waals surface area contributed by atoms with Gasteiger partial charge in [0, 0.05) is 29.5 Å². The summed E-state index contributed by atoms with van der Waals surface area (Å²) in [5.41, 5.74) is 2.63. The second-order valence-electron chi connectivity index (χ2n) is 6.49. The highest BCUT2D eigenvalue weighted by Crippen LogP contribution is 2.27. The molecule has 30 heavy (non-hydrogen) atoms. The molecule has 2 N–H and O–H groups in total. The van der Waals surface area contributed by atoms with Crippen LogP contribution in [0.25, 0.3) is 28.5 Å². The summed E-state index contributed by atoms with van der Waals surface area (Å²) in [5, 5.41) is 24.1. The van der Waals surface area contributed by atoms with Crippen LogP contribution in [0.1, 0.15) is 5.56 Å². The van der Waals surface area contributed by atoms with Gasteiger partial charge in [-0.25, -0.2) is 4.98 Å². The van der Waals surface area contributed by atoms with Gasteiger partial charge in [0.1, 0.15) is 5.52 Å². The molecule has 0 bridgehead atoms. The van der Waals surface area contributed by atoms with Crippen LogP contribution in [0.4, 0.5) is 11.4 Å². The van der Waals surface area contributed by atoms with E-state index in [4.69, 9.17) is 0 Å². The molecule has 0 aliphatic carbocycles. The number of non-ortho nitro benzene ring substituents is 1. The van der Waals surface area contributed by atoms with Gasteiger partial charge in [0.2, 0.25) is 5.91 Å². The minimum atomic E-state index is -0.532. The van der Waals surface area contributed by atoms with Gasteiger partial charge in [-0.15, -0.1) is 0 Å². The molecule has 148 valence electrons. The molecule has 1 amide bonds. The van der Waals surface area contributed by atoms with E-state index < -0.39 is 4.92 Å². The summed E-state index contributed by atoms with van der Waals surface area (Å²) >= 11 is 0. The molecule has 4 rings (SSSR count). The smallest absolute Gasteiger partial charge is 0.271 e. The molecule has 0 saturated heterocycles. The van der Waals surface area contributed by atoms with Crippen LogP contribution in [-0.2, 0) is 4.79 Å². The van der Waals surface area contributed by atoms with Crippen molar-refractivity contribution in [2.24, 2.45) is 0 Å². The number of carbonyl (C=O) groups is 1. The minimum Gasteiger partial charge on any atom is -0.426 e. The molecular formula is C22H16N4O4. The molecule has 3 aromatic carbocycles. The first-order valence-corrected chi connectivity index (χ1v) is 9.02. The number of nitrogens with one attached hydrogen (secondary N) is 1. The Labute approximate surface area is 170 Å². The van der Waals surface area contributed by atoms with Crippen molar-refractivity contribution in [1.82, 2.24) is 9.71 Å². The molecule has 8 heteroatoms. The van der Waals surface area contributed by atoms with Crippen molar-refractivity contribution in [3.63, 3.8) is 0 Å². The van der Waals surface area contributed by atoms with Gasteiger partial charge in [-0.2, -0.15) is 4.73 Å². The maximum Gasteiger partial charge on any atom is 0.271 e. The summed E-state index contributed by atoms with van der Waals surface area (Å²) in [6, 6.07) is 20.3. The van der Waals surface area contributed by atoms with E-state index >= 15 is 0 Å². The number of aromatic nitrogens is 2. The van der Waals surface area contributed by atoms with Crippen LogP contribution in [0.5, 0.6) is 0 Å². The highest BCUT2D eigenvalue weighted by molar-refractivity contribution is 6.02. The summed E-state index contributed by atoms with van der Waals surface area (Å²) in [7, 11) is 0. The van der Waals surface area contributed by atoms with E-state index in [1.165, 1.54) is 24.3 Å². The molecule has 0 unspecified atom stereocenters. The second-order valence-corrected chi connectivity index (χ2v) is 6.49. The number of rotatable bonds is 5. The average Bonchev–Trinajstić information content (AvgIpc) is 3.09. The third kappa shape index (κ3) is 3.88. The van der Waals surface area contributed by atoms with E-state index in [9.17, 15) is 20.1 Å². The van der Waals surface area contributed by atoms with Crippen molar-refractivity contribution in [1.29, 1.82) is 0 Å². The van der Waals surface area contributed by atoms with E-state index in [-0.39, 0.29) is 22.9 Å². The topological polar surface area (TPSA) is 110 Å². The number of nitro groups is 1. The lowest BCUT2D eigenvalue weighted by Crippen LogP contribution is -2.07. The number of fused-ring (bicyclic) bond motifs is 1. The molecule has 0 aliphatic heterocycles. The molecule has 4 aromatic rings. The lowest BCUT2D eigenvalue weighted by Gasteiger charge is -2.05. The maximum absolute atomic E-state index is 12.1. The van der Waals surface area contributed by atoms with Crippen LogP contribution < -0.4 is 5.32 Å². The van der Waals surface area contributed by atoms with Gasteiger partial charge in [0.25, 0.3) is 5.69 Å². The first-order chi connectivity index (χ1) is 14.5. The predicted molar refractivity (Wildman–Crippen MR) is 113 cm³/mol. The van der Waals surface area contributed by atoms with Gasteiger partial charge >= 0.3 is 0 Å². The number of anilines is 1. The van der Waals surface area contributed by atoms with Crippen LogP contribution in [0.2, 0.25) is 0 Å². The fraction of sp³-hybridized carbons (Fsp3) is 0. The zero-order valence-corrected chi connectivity index (χ0v) is 15.6. The zero-order valence-electron chi connectivity index (χ0n) is 15.6. The first kappa shape index (κ1) is 18.9. The standard InChI is InChI=1S/C22H16N4O4/c27-21(13-6-15-4-2-1-3-5-15)23-17-9-7-16(8-10-17)22-24-19-12-11-18(26(29)30)14-20(19)25(22)28/h1-14,28H,(H,23,27)/b13-6+. The molecule has 0 radical (unpaired) electrons. The Balaban J connectivity index is 1.52. The molecule has 1 aromatic heterocycles. The highest BCUT2D eigenvalue weighted by atomic mass is 16.6. The van der Waals surface area contributed by atoms with Crippen LogP contribution in [0.3, 0.4) is 0 Å². The van der Waals surface area contributed by atoms with Gasteiger partial charge in [0.05, 0.1) is 10.4 Å². The molecule has 1 heterocycles. The Hall–Kier alpha value is -4.46. The van der Waals surface area contributed by atoms with Gasteiger partial charge in [-0.3, -0.25) is 14.9 Å². The number of imidazole rings is 1. The second kappa shape index (κ2) is 7.88. The number of benzene rings is 3. The van der Waals surface area contributed by atoms with Crippen molar-refractivity contribution in [2.45, 2.75) is 0 Å². The first-order valence-electron chi connectivity index (χ1n) is 9.02. The van der Waals surface area contributed by atoms with E-state index in [1.807, 2.05) is 30.3 Å². The highest BCUT2D eigenvalue weighted by Gasteiger charge is 2.15. The molecule has 0 fully saturated rings. The molecule has 0 atom stereocenters. The molecule has 0 spiro atoms. The minimum absolute atomic E-state index is 0.133. The predicted octanol–water partition coefficient (Wildman–Crippen LogP) is 4.50. The van der Waals surface area contributed by atoms with Crippen molar-refractivity contribution in [3.05, 3.63) is 94.6 Å².